The van der Waals surface area contributed by atoms with Gasteiger partial charge in [-0.1, -0.05) is 19.3 Å². The van der Waals surface area contributed by atoms with Gasteiger partial charge in [0.15, 0.2) is 0 Å². The molecule has 3 rings (SSSR count). The van der Waals surface area contributed by atoms with Gasteiger partial charge in [-0.25, -0.2) is 0 Å². The van der Waals surface area contributed by atoms with Crippen molar-refractivity contribution in [2.24, 2.45) is 11.7 Å². The van der Waals surface area contributed by atoms with Crippen LogP contribution in [0.25, 0.3) is 0 Å². The zero-order valence-corrected chi connectivity index (χ0v) is 10.5. The molecule has 5 heteroatoms. The van der Waals surface area contributed by atoms with E-state index in [1.165, 1.54) is 38.6 Å². The van der Waals surface area contributed by atoms with Crippen molar-refractivity contribution in [1.29, 1.82) is 0 Å². The van der Waals surface area contributed by atoms with Gasteiger partial charge < -0.3 is 5.73 Å². The van der Waals surface area contributed by atoms with Gasteiger partial charge in [0.1, 0.15) is 0 Å². The van der Waals surface area contributed by atoms with Crippen LogP contribution < -0.4 is 21.7 Å². The molecule has 0 aromatic rings. The zero-order valence-electron chi connectivity index (χ0n) is 10.5. The molecule has 0 aromatic carbocycles. The van der Waals surface area contributed by atoms with E-state index >= 15 is 0 Å². The third-order valence-corrected chi connectivity index (χ3v) is 4.52. The van der Waals surface area contributed by atoms with Crippen LogP contribution in [0, 0.1) is 5.92 Å². The number of nitrogens with zero attached hydrogens (tertiary/aromatic N) is 1. The molecule has 17 heavy (non-hydrogen) atoms. The molecule has 1 aliphatic carbocycles. The lowest BCUT2D eigenvalue weighted by molar-refractivity contribution is 0.0664. The predicted octanol–water partition coefficient (Wildman–Crippen LogP) is -0.441. The minimum Gasteiger partial charge on any atom is -0.314 e. The van der Waals surface area contributed by atoms with Gasteiger partial charge in [0, 0.05) is 13.2 Å². The van der Waals surface area contributed by atoms with Crippen LogP contribution in [0.3, 0.4) is 0 Å². The van der Waals surface area contributed by atoms with Crippen molar-refractivity contribution >= 4 is 0 Å². The summed E-state index contributed by atoms with van der Waals surface area (Å²) in [5.41, 5.74) is 6.08. The summed E-state index contributed by atoms with van der Waals surface area (Å²) in [5, 5.41) is 10.4. The predicted molar refractivity (Wildman–Crippen MR) is 68.0 cm³/mol. The van der Waals surface area contributed by atoms with Crippen LogP contribution in [0.4, 0.5) is 0 Å². The molecule has 98 valence electrons. The summed E-state index contributed by atoms with van der Waals surface area (Å²) in [5.74, 6) is 0.892. The highest BCUT2D eigenvalue weighted by molar-refractivity contribution is 4.97. The second kappa shape index (κ2) is 5.20. The molecule has 5 nitrogen and oxygen atoms in total. The van der Waals surface area contributed by atoms with Gasteiger partial charge in [0.25, 0.3) is 0 Å². The van der Waals surface area contributed by atoms with Crippen LogP contribution >= 0.6 is 0 Å². The summed E-state index contributed by atoms with van der Waals surface area (Å²) in [6, 6.07) is 0.354. The van der Waals surface area contributed by atoms with E-state index in [0.717, 1.165) is 19.3 Å². The molecule has 3 aliphatic rings. The molecule has 2 heterocycles. The second-order valence-corrected chi connectivity index (χ2v) is 5.72. The molecule has 0 amide bonds. The maximum atomic E-state index is 6.08. The van der Waals surface area contributed by atoms with Gasteiger partial charge in [-0.3, -0.25) is 20.9 Å². The van der Waals surface area contributed by atoms with Crippen molar-refractivity contribution in [1.82, 2.24) is 20.9 Å². The first-order chi connectivity index (χ1) is 8.34. The van der Waals surface area contributed by atoms with Gasteiger partial charge in [-0.15, -0.1) is 0 Å². The van der Waals surface area contributed by atoms with Gasteiger partial charge in [-0.2, -0.15) is 0 Å². The smallest absolute Gasteiger partial charge is 0.0804 e. The lowest BCUT2D eigenvalue weighted by Crippen LogP contribution is -2.68. The van der Waals surface area contributed by atoms with Crippen LogP contribution in [0.5, 0.6) is 0 Å². The fraction of sp³-hybridized carbons (Fsp3) is 1.00. The van der Waals surface area contributed by atoms with E-state index in [-0.39, 0.29) is 6.17 Å². The first kappa shape index (κ1) is 11.9. The zero-order chi connectivity index (χ0) is 11.7. The average Bonchev–Trinajstić information content (AvgIpc) is 2.84. The number of fused-ring (bicyclic) bond motifs is 1. The Morgan fingerprint density at radius 1 is 1.06 bits per heavy atom. The molecule has 2 aliphatic heterocycles. The summed E-state index contributed by atoms with van der Waals surface area (Å²) in [4.78, 5) is 2.53. The fourth-order valence-electron chi connectivity index (χ4n) is 3.53. The Bertz CT molecular complexity index is 253. The molecule has 0 bridgehead atoms. The fourth-order valence-corrected chi connectivity index (χ4v) is 3.53. The summed E-state index contributed by atoms with van der Waals surface area (Å²) < 4.78 is 0. The molecule has 0 aromatic heterocycles. The van der Waals surface area contributed by atoms with Crippen LogP contribution in [0.1, 0.15) is 32.1 Å². The molecule has 0 spiro atoms. The van der Waals surface area contributed by atoms with Crippen molar-refractivity contribution in [3.8, 4) is 0 Å². The van der Waals surface area contributed by atoms with Crippen molar-refractivity contribution in [3.05, 3.63) is 0 Å². The molecule has 3 atom stereocenters. The minimum absolute atomic E-state index is 0.0811. The highest BCUT2D eigenvalue weighted by Gasteiger charge is 2.39. The molecule has 1 saturated carbocycles. The van der Waals surface area contributed by atoms with Crippen molar-refractivity contribution in [3.63, 3.8) is 0 Å². The quantitative estimate of drug-likeness (QED) is 0.526. The number of hydrogen-bond donors (Lipinski definition) is 4. The van der Waals surface area contributed by atoms with Crippen LogP contribution in [-0.2, 0) is 0 Å². The summed E-state index contributed by atoms with van der Waals surface area (Å²) in [7, 11) is 0. The van der Waals surface area contributed by atoms with Crippen molar-refractivity contribution < 1.29 is 0 Å². The first-order valence-electron chi connectivity index (χ1n) is 7.04. The normalized spacial score (nSPS) is 40.4. The highest BCUT2D eigenvalue weighted by atomic mass is 15.4. The van der Waals surface area contributed by atoms with E-state index in [1.54, 1.807) is 0 Å². The number of hydrogen-bond acceptors (Lipinski definition) is 5. The SMILES string of the molecule is NC1NCN(CC2CCCCC2)C2NCNC12. The Kier molecular flexibility index (Phi) is 3.63. The lowest BCUT2D eigenvalue weighted by Gasteiger charge is -2.42. The minimum atomic E-state index is 0.0811. The highest BCUT2D eigenvalue weighted by Crippen LogP contribution is 2.26. The monoisotopic (exact) mass is 239 g/mol. The molecule has 3 fully saturated rings. The third-order valence-electron chi connectivity index (χ3n) is 4.52. The Morgan fingerprint density at radius 3 is 2.71 bits per heavy atom. The van der Waals surface area contributed by atoms with E-state index in [4.69, 9.17) is 5.73 Å². The average molecular weight is 239 g/mol. The van der Waals surface area contributed by atoms with E-state index in [2.05, 4.69) is 20.9 Å². The maximum Gasteiger partial charge on any atom is 0.0804 e. The van der Waals surface area contributed by atoms with Gasteiger partial charge in [-0.05, 0) is 18.8 Å². The Morgan fingerprint density at radius 2 is 1.88 bits per heavy atom. The maximum absolute atomic E-state index is 6.08. The molecule has 2 saturated heterocycles. The first-order valence-corrected chi connectivity index (χ1v) is 7.04. The van der Waals surface area contributed by atoms with Crippen LogP contribution in [0.15, 0.2) is 0 Å². The topological polar surface area (TPSA) is 65.3 Å². The summed E-state index contributed by atoms with van der Waals surface area (Å²) >= 11 is 0. The van der Waals surface area contributed by atoms with E-state index in [1.807, 2.05) is 0 Å². The van der Waals surface area contributed by atoms with E-state index < -0.39 is 0 Å². The Labute approximate surface area is 103 Å². The Hall–Kier alpha value is -0.200. The van der Waals surface area contributed by atoms with Crippen LogP contribution in [-0.4, -0.2) is 43.2 Å². The largest absolute Gasteiger partial charge is 0.314 e. The number of nitrogens with one attached hydrogen (secondary N) is 3. The summed E-state index contributed by atoms with van der Waals surface area (Å²) in [6.07, 6.45) is 7.61. The second-order valence-electron chi connectivity index (χ2n) is 5.72. The van der Waals surface area contributed by atoms with Crippen molar-refractivity contribution in [2.45, 2.75) is 50.5 Å². The van der Waals surface area contributed by atoms with Gasteiger partial charge >= 0.3 is 0 Å². The van der Waals surface area contributed by atoms with Crippen molar-refractivity contribution in [2.75, 3.05) is 19.9 Å². The summed E-state index contributed by atoms with van der Waals surface area (Å²) in [6.45, 7) is 3.02. The van der Waals surface area contributed by atoms with E-state index in [9.17, 15) is 0 Å². The van der Waals surface area contributed by atoms with Crippen LogP contribution in [0.2, 0.25) is 0 Å². The molecule has 3 unspecified atom stereocenters. The lowest BCUT2D eigenvalue weighted by atomic mass is 9.88. The molecule has 5 N–H and O–H groups in total. The van der Waals surface area contributed by atoms with Gasteiger partial charge in [0.05, 0.1) is 25.0 Å². The molecular weight excluding hydrogens is 214 g/mol. The van der Waals surface area contributed by atoms with E-state index in [0.29, 0.717) is 12.2 Å². The molecular formula is C12H25N5. The number of rotatable bonds is 2. The Balaban J connectivity index is 1.58. The number of nitrogens with two attached hydrogens (primary N) is 1. The van der Waals surface area contributed by atoms with Gasteiger partial charge in [0.2, 0.25) is 0 Å². The standard InChI is InChI=1S/C12H25N5/c13-11-10-12(15-7-14-10)17(8-16-11)6-9-4-2-1-3-5-9/h9-12,14-16H,1-8,13H2. The molecule has 0 radical (unpaired) electrons. The third kappa shape index (κ3) is 2.48.